The molecular formula is C16H25F2N3OS. The van der Waals surface area contributed by atoms with Gasteiger partial charge in [0.1, 0.15) is 5.75 Å². The van der Waals surface area contributed by atoms with Gasteiger partial charge in [-0.15, -0.1) is 0 Å². The summed E-state index contributed by atoms with van der Waals surface area (Å²) in [4.78, 5) is 4.13. The summed E-state index contributed by atoms with van der Waals surface area (Å²) in [7, 11) is 1.68. The highest BCUT2D eigenvalue weighted by Crippen LogP contribution is 2.21. The molecule has 0 spiro atoms. The van der Waals surface area contributed by atoms with Gasteiger partial charge >= 0.3 is 6.61 Å². The second-order valence-electron chi connectivity index (χ2n) is 5.04. The third-order valence-corrected chi connectivity index (χ3v) is 3.87. The van der Waals surface area contributed by atoms with Gasteiger partial charge < -0.3 is 15.4 Å². The number of aliphatic imine (C=N–C) groups is 1. The molecule has 0 amide bonds. The average Bonchev–Trinajstić information content (AvgIpc) is 2.52. The predicted molar refractivity (Wildman–Crippen MR) is 93.6 cm³/mol. The SMILES string of the molecule is CN=C(NCCCCSC)NCc1cc(C)ccc1OC(F)F. The molecule has 0 aliphatic rings. The maximum absolute atomic E-state index is 12.5. The van der Waals surface area contributed by atoms with Crippen LogP contribution < -0.4 is 15.4 Å². The van der Waals surface area contributed by atoms with E-state index in [2.05, 4.69) is 26.6 Å². The maximum Gasteiger partial charge on any atom is 0.387 e. The van der Waals surface area contributed by atoms with Crippen molar-refractivity contribution < 1.29 is 13.5 Å². The number of ether oxygens (including phenoxy) is 1. The molecule has 0 bridgehead atoms. The monoisotopic (exact) mass is 345 g/mol. The number of hydrogen-bond donors (Lipinski definition) is 2. The highest BCUT2D eigenvalue weighted by Gasteiger charge is 2.10. The summed E-state index contributed by atoms with van der Waals surface area (Å²) in [5, 5.41) is 6.34. The Morgan fingerprint density at radius 1 is 1.30 bits per heavy atom. The average molecular weight is 345 g/mol. The Morgan fingerprint density at radius 2 is 2.09 bits per heavy atom. The summed E-state index contributed by atoms with van der Waals surface area (Å²) in [6.45, 7) is 0.280. The minimum Gasteiger partial charge on any atom is -0.434 e. The first-order chi connectivity index (χ1) is 11.1. The molecule has 2 N–H and O–H groups in total. The van der Waals surface area contributed by atoms with Crippen LogP contribution in [0.5, 0.6) is 5.75 Å². The number of guanidine groups is 1. The standard InChI is InChI=1S/C16H25F2N3OS/c1-12-6-7-14(22-15(17)18)13(10-12)11-21-16(19-2)20-8-4-5-9-23-3/h6-7,10,15H,4-5,8-9,11H2,1-3H3,(H2,19,20,21). The van der Waals surface area contributed by atoms with Gasteiger partial charge in [0.2, 0.25) is 0 Å². The van der Waals surface area contributed by atoms with E-state index in [0.717, 1.165) is 30.7 Å². The van der Waals surface area contributed by atoms with Gasteiger partial charge in [-0.2, -0.15) is 20.5 Å². The molecule has 0 radical (unpaired) electrons. The summed E-state index contributed by atoms with van der Waals surface area (Å²) in [5.74, 6) is 1.98. The highest BCUT2D eigenvalue weighted by molar-refractivity contribution is 7.98. The summed E-state index contributed by atoms with van der Waals surface area (Å²) in [5.41, 5.74) is 1.67. The molecule has 0 saturated heterocycles. The van der Waals surface area contributed by atoms with Crippen LogP contribution in [0.4, 0.5) is 8.78 Å². The molecule has 1 aromatic rings. The molecule has 0 heterocycles. The maximum atomic E-state index is 12.5. The summed E-state index contributed by atoms with van der Waals surface area (Å²) in [6, 6.07) is 5.15. The lowest BCUT2D eigenvalue weighted by molar-refractivity contribution is -0.0504. The first-order valence-corrected chi connectivity index (χ1v) is 8.94. The van der Waals surface area contributed by atoms with Crippen molar-refractivity contribution in [2.75, 3.05) is 25.6 Å². The van der Waals surface area contributed by atoms with Gasteiger partial charge in [0, 0.05) is 25.7 Å². The molecule has 130 valence electrons. The molecular weight excluding hydrogens is 320 g/mol. The van der Waals surface area contributed by atoms with Gasteiger partial charge in [0.05, 0.1) is 0 Å². The first-order valence-electron chi connectivity index (χ1n) is 7.54. The van der Waals surface area contributed by atoms with Crippen molar-refractivity contribution in [1.82, 2.24) is 10.6 Å². The van der Waals surface area contributed by atoms with E-state index >= 15 is 0 Å². The number of benzene rings is 1. The Bertz CT molecular complexity index is 498. The van der Waals surface area contributed by atoms with E-state index in [1.165, 1.54) is 0 Å². The fourth-order valence-electron chi connectivity index (χ4n) is 2.04. The van der Waals surface area contributed by atoms with Crippen LogP contribution in [-0.4, -0.2) is 38.2 Å². The van der Waals surface area contributed by atoms with Crippen molar-refractivity contribution >= 4 is 17.7 Å². The Balaban J connectivity index is 2.53. The normalized spacial score (nSPS) is 11.7. The van der Waals surface area contributed by atoms with Crippen LogP contribution in [0.2, 0.25) is 0 Å². The Morgan fingerprint density at radius 3 is 2.74 bits per heavy atom. The molecule has 0 saturated carbocycles. The predicted octanol–water partition coefficient (Wildman–Crippen LogP) is 3.40. The lowest BCUT2D eigenvalue weighted by atomic mass is 10.1. The quantitative estimate of drug-likeness (QED) is 0.409. The topological polar surface area (TPSA) is 45.7 Å². The van der Waals surface area contributed by atoms with Crippen LogP contribution in [0.15, 0.2) is 23.2 Å². The molecule has 0 unspecified atom stereocenters. The van der Waals surface area contributed by atoms with Gasteiger partial charge in [0.25, 0.3) is 0 Å². The zero-order valence-corrected chi connectivity index (χ0v) is 14.7. The van der Waals surface area contributed by atoms with Gasteiger partial charge in [-0.25, -0.2) is 0 Å². The zero-order valence-electron chi connectivity index (χ0n) is 13.9. The third-order valence-electron chi connectivity index (χ3n) is 3.17. The molecule has 7 heteroatoms. The number of thioether (sulfide) groups is 1. The van der Waals surface area contributed by atoms with E-state index in [0.29, 0.717) is 18.1 Å². The van der Waals surface area contributed by atoms with Crippen LogP contribution in [-0.2, 0) is 6.54 Å². The van der Waals surface area contributed by atoms with Crippen molar-refractivity contribution in [1.29, 1.82) is 0 Å². The van der Waals surface area contributed by atoms with Crippen LogP contribution in [0.1, 0.15) is 24.0 Å². The van der Waals surface area contributed by atoms with Crippen molar-refractivity contribution in [2.45, 2.75) is 32.9 Å². The van der Waals surface area contributed by atoms with Crippen LogP contribution in [0, 0.1) is 6.92 Å². The number of alkyl halides is 2. The van der Waals surface area contributed by atoms with E-state index < -0.39 is 6.61 Å². The van der Waals surface area contributed by atoms with Gasteiger partial charge in [-0.05, 0) is 37.8 Å². The summed E-state index contributed by atoms with van der Waals surface area (Å²) >= 11 is 1.83. The molecule has 0 atom stereocenters. The second-order valence-corrected chi connectivity index (χ2v) is 6.03. The van der Waals surface area contributed by atoms with E-state index in [-0.39, 0.29) is 5.75 Å². The van der Waals surface area contributed by atoms with Gasteiger partial charge in [0.15, 0.2) is 5.96 Å². The number of nitrogens with one attached hydrogen (secondary N) is 2. The number of unbranched alkanes of at least 4 members (excludes halogenated alkanes) is 1. The fraction of sp³-hybridized carbons (Fsp3) is 0.562. The fourth-order valence-corrected chi connectivity index (χ4v) is 2.53. The molecule has 4 nitrogen and oxygen atoms in total. The van der Waals surface area contributed by atoms with Crippen molar-refractivity contribution in [3.8, 4) is 5.75 Å². The lowest BCUT2D eigenvalue weighted by Crippen LogP contribution is -2.37. The molecule has 0 fully saturated rings. The molecule has 0 aliphatic heterocycles. The van der Waals surface area contributed by atoms with Crippen LogP contribution in [0.3, 0.4) is 0 Å². The van der Waals surface area contributed by atoms with Gasteiger partial charge in [-0.3, -0.25) is 4.99 Å². The molecule has 0 aliphatic carbocycles. The zero-order chi connectivity index (χ0) is 17.1. The van der Waals surface area contributed by atoms with Crippen molar-refractivity contribution in [3.05, 3.63) is 29.3 Å². The Kier molecular flexibility index (Phi) is 9.43. The number of rotatable bonds is 9. The smallest absolute Gasteiger partial charge is 0.387 e. The Hall–Kier alpha value is -1.50. The van der Waals surface area contributed by atoms with Crippen LogP contribution in [0.25, 0.3) is 0 Å². The molecule has 1 rings (SSSR count). The minimum atomic E-state index is -2.83. The number of nitrogens with zero attached hydrogens (tertiary/aromatic N) is 1. The van der Waals surface area contributed by atoms with Crippen molar-refractivity contribution in [3.63, 3.8) is 0 Å². The first kappa shape index (κ1) is 19.5. The molecule has 0 aromatic heterocycles. The largest absolute Gasteiger partial charge is 0.434 e. The summed E-state index contributed by atoms with van der Waals surface area (Å²) in [6.07, 6.45) is 4.30. The van der Waals surface area contributed by atoms with E-state index in [1.807, 2.05) is 24.8 Å². The highest BCUT2D eigenvalue weighted by atomic mass is 32.2. The van der Waals surface area contributed by atoms with E-state index in [9.17, 15) is 8.78 Å². The second kappa shape index (κ2) is 11.1. The van der Waals surface area contributed by atoms with Crippen LogP contribution >= 0.6 is 11.8 Å². The number of hydrogen-bond acceptors (Lipinski definition) is 3. The van der Waals surface area contributed by atoms with Gasteiger partial charge in [-0.1, -0.05) is 17.7 Å². The summed E-state index contributed by atoms with van der Waals surface area (Å²) < 4.78 is 29.5. The number of aryl methyl sites for hydroxylation is 1. The third kappa shape index (κ3) is 8.06. The number of halogens is 2. The van der Waals surface area contributed by atoms with E-state index in [4.69, 9.17) is 0 Å². The lowest BCUT2D eigenvalue weighted by Gasteiger charge is -2.15. The molecule has 23 heavy (non-hydrogen) atoms. The minimum absolute atomic E-state index is 0.188. The Labute approximate surface area is 141 Å². The molecule has 1 aromatic carbocycles. The van der Waals surface area contributed by atoms with Crippen molar-refractivity contribution in [2.24, 2.45) is 4.99 Å². The van der Waals surface area contributed by atoms with E-state index in [1.54, 1.807) is 19.2 Å².